The molecule has 0 saturated heterocycles. The molecule has 0 aromatic carbocycles. The first-order valence-electron chi connectivity index (χ1n) is 3.42. The molecule has 0 amide bonds. The van der Waals surface area contributed by atoms with Crippen LogP contribution < -0.4 is 10.8 Å². The van der Waals surface area contributed by atoms with Crippen molar-refractivity contribution >= 4 is 35.5 Å². The van der Waals surface area contributed by atoms with Crippen LogP contribution >= 0.6 is 0 Å². The van der Waals surface area contributed by atoms with Crippen molar-refractivity contribution in [2.45, 2.75) is 25.9 Å². The van der Waals surface area contributed by atoms with E-state index in [9.17, 15) is 4.79 Å². The Balaban J connectivity index is 0. The molecule has 12 heavy (non-hydrogen) atoms. The summed E-state index contributed by atoms with van der Waals surface area (Å²) in [6.45, 7) is 3.34. The van der Waals surface area contributed by atoms with Gasteiger partial charge < -0.3 is 10.3 Å². The summed E-state index contributed by atoms with van der Waals surface area (Å²) in [6.07, 6.45) is 0.594. The summed E-state index contributed by atoms with van der Waals surface area (Å²) < 4.78 is 0. The maximum atomic E-state index is 10.1. The predicted octanol–water partition coefficient (Wildman–Crippen LogP) is -0.883. The first-order valence-corrected chi connectivity index (χ1v) is 3.42. The fourth-order valence-electron chi connectivity index (χ4n) is 0.514. The topological polar surface area (TPSA) is 81.6 Å². The van der Waals surface area contributed by atoms with Gasteiger partial charge in [0.1, 0.15) is 0 Å². The van der Waals surface area contributed by atoms with E-state index in [1.807, 2.05) is 12.4 Å². The van der Waals surface area contributed by atoms with Gasteiger partial charge in [0, 0.05) is 0 Å². The van der Waals surface area contributed by atoms with E-state index in [0.29, 0.717) is 6.42 Å². The molecule has 6 heteroatoms. The number of hydroxylamine groups is 1. The van der Waals surface area contributed by atoms with Gasteiger partial charge in [0.05, 0.1) is 12.2 Å². The fourth-order valence-corrected chi connectivity index (χ4v) is 0.514. The Labute approximate surface area is 93.8 Å². The normalized spacial score (nSPS) is 14.6. The zero-order valence-corrected chi connectivity index (χ0v) is 6.72. The Morgan fingerprint density at radius 3 is 2.33 bits per heavy atom. The molecule has 4 N–H and O–H groups in total. The molecular weight excluding hydrogens is 171 g/mol. The van der Waals surface area contributed by atoms with Gasteiger partial charge >= 0.3 is 35.5 Å². The molecule has 0 saturated carbocycles. The van der Waals surface area contributed by atoms with Gasteiger partial charge in [-0.3, -0.25) is 10.1 Å². The summed E-state index contributed by atoms with van der Waals surface area (Å²) in [4.78, 5) is 10.1. The van der Waals surface area contributed by atoms with Crippen molar-refractivity contribution in [2.75, 3.05) is 6.54 Å². The molecule has 0 fully saturated rings. The second kappa shape index (κ2) is 6.82. The number of carboxylic acid groups (broad SMARTS) is 1. The van der Waals surface area contributed by atoms with Gasteiger partial charge in [-0.1, -0.05) is 6.92 Å². The molecule has 0 aliphatic rings. The third kappa shape index (κ3) is 5.93. The monoisotopic (exact) mass is 186 g/mol. The Morgan fingerprint density at radius 2 is 2.08 bits per heavy atom. The van der Waals surface area contributed by atoms with E-state index in [-0.39, 0.29) is 36.1 Å². The van der Waals surface area contributed by atoms with Gasteiger partial charge in [-0.05, 0) is 13.3 Å². The number of carboxylic acids is 1. The Bertz CT molecular complexity index is 139. The molecule has 0 aromatic rings. The number of rotatable bonds is 5. The van der Waals surface area contributed by atoms with Crippen LogP contribution in [0.4, 0.5) is 0 Å². The van der Waals surface area contributed by atoms with Crippen molar-refractivity contribution < 1.29 is 15.1 Å². The van der Waals surface area contributed by atoms with Crippen LogP contribution in [-0.2, 0) is 4.79 Å². The van der Waals surface area contributed by atoms with Crippen LogP contribution in [0.3, 0.4) is 0 Å². The predicted molar refractivity (Wildman–Crippen MR) is 46.4 cm³/mol. The van der Waals surface area contributed by atoms with Gasteiger partial charge in [0.25, 0.3) is 0 Å². The maximum absolute atomic E-state index is 10.1. The van der Waals surface area contributed by atoms with Crippen LogP contribution in [0.15, 0.2) is 0 Å². The first kappa shape index (κ1) is 14.9. The Hall–Kier alpha value is 0.350. The molecule has 0 radical (unpaired) electrons. The number of carbonyl (C=O) groups is 1. The summed E-state index contributed by atoms with van der Waals surface area (Å²) in [5.74, 6) is -0.945. The molecule has 0 aliphatic carbocycles. The van der Waals surface area contributed by atoms with Crippen molar-refractivity contribution in [3.05, 3.63) is 0 Å². The summed E-state index contributed by atoms with van der Waals surface area (Å²) in [6, 6.07) is 0. The average Bonchev–Trinajstić information content (AvgIpc) is 2.00. The van der Waals surface area contributed by atoms with E-state index in [1.165, 1.54) is 0 Å². The standard InChI is InChI=1S/C6H14N2O3.Na.H/c1-3-6(2,8-11)7-4-5(9)10;;/h7-8,11H,3-4H2,1-2H3,(H,9,10);;. The summed E-state index contributed by atoms with van der Waals surface area (Å²) in [7, 11) is 0. The van der Waals surface area contributed by atoms with Crippen LogP contribution in [-0.4, -0.2) is 58.0 Å². The van der Waals surface area contributed by atoms with E-state index in [4.69, 9.17) is 10.3 Å². The molecule has 0 aromatic heterocycles. The fraction of sp³-hybridized carbons (Fsp3) is 0.833. The van der Waals surface area contributed by atoms with Crippen LogP contribution in [0.5, 0.6) is 0 Å². The minimum atomic E-state index is -0.945. The third-order valence-corrected chi connectivity index (χ3v) is 1.58. The van der Waals surface area contributed by atoms with Gasteiger partial charge in [0.2, 0.25) is 0 Å². The van der Waals surface area contributed by atoms with Gasteiger partial charge in [0.15, 0.2) is 0 Å². The van der Waals surface area contributed by atoms with Crippen LogP contribution in [0.2, 0.25) is 0 Å². The molecule has 0 heterocycles. The minimum absolute atomic E-state index is 0. The van der Waals surface area contributed by atoms with Crippen LogP contribution in [0.1, 0.15) is 20.3 Å². The summed E-state index contributed by atoms with van der Waals surface area (Å²) >= 11 is 0. The number of hydrogen-bond donors (Lipinski definition) is 4. The summed E-state index contributed by atoms with van der Waals surface area (Å²) in [5.41, 5.74) is 1.30. The molecular formula is C6H15N2NaO3. The number of aliphatic carboxylic acids is 1. The molecule has 0 aliphatic heterocycles. The van der Waals surface area contributed by atoms with E-state index in [2.05, 4.69) is 5.32 Å². The second-order valence-corrected chi connectivity index (χ2v) is 2.54. The molecule has 5 nitrogen and oxygen atoms in total. The molecule has 1 atom stereocenters. The summed E-state index contributed by atoms with van der Waals surface area (Å²) in [5, 5.41) is 19.5. The van der Waals surface area contributed by atoms with Crippen LogP contribution in [0, 0.1) is 0 Å². The van der Waals surface area contributed by atoms with Gasteiger partial charge in [-0.2, -0.15) is 5.48 Å². The number of nitrogens with one attached hydrogen (secondary N) is 2. The van der Waals surface area contributed by atoms with E-state index in [1.54, 1.807) is 6.92 Å². The average molecular weight is 186 g/mol. The molecule has 0 spiro atoms. The van der Waals surface area contributed by atoms with E-state index < -0.39 is 11.6 Å². The van der Waals surface area contributed by atoms with Crippen molar-refractivity contribution in [1.29, 1.82) is 0 Å². The van der Waals surface area contributed by atoms with E-state index >= 15 is 0 Å². The molecule has 1 unspecified atom stereocenters. The first-order chi connectivity index (χ1) is 5.04. The molecule has 68 valence electrons. The van der Waals surface area contributed by atoms with Gasteiger partial charge in [-0.25, -0.2) is 0 Å². The zero-order chi connectivity index (χ0) is 8.91. The van der Waals surface area contributed by atoms with Crippen molar-refractivity contribution in [3.63, 3.8) is 0 Å². The van der Waals surface area contributed by atoms with Crippen LogP contribution in [0.25, 0.3) is 0 Å². The van der Waals surface area contributed by atoms with Crippen molar-refractivity contribution in [3.8, 4) is 0 Å². The van der Waals surface area contributed by atoms with Gasteiger partial charge in [-0.15, -0.1) is 0 Å². The SMILES string of the molecule is CCC(C)(NO)NCC(=O)O.[NaH]. The van der Waals surface area contributed by atoms with Crippen molar-refractivity contribution in [1.82, 2.24) is 10.8 Å². The zero-order valence-electron chi connectivity index (χ0n) is 6.72. The molecule has 0 rings (SSSR count). The second-order valence-electron chi connectivity index (χ2n) is 2.54. The van der Waals surface area contributed by atoms with E-state index in [0.717, 1.165) is 0 Å². The third-order valence-electron chi connectivity index (χ3n) is 1.58. The Kier molecular flexibility index (Phi) is 8.44. The molecule has 0 bridgehead atoms. The van der Waals surface area contributed by atoms with Crippen molar-refractivity contribution in [2.24, 2.45) is 0 Å². The Morgan fingerprint density at radius 1 is 1.58 bits per heavy atom. The number of hydrogen-bond acceptors (Lipinski definition) is 4. The quantitative estimate of drug-likeness (QED) is 0.254.